The molecule has 4 rings (SSSR count). The van der Waals surface area contributed by atoms with Crippen LogP contribution in [0.2, 0.25) is 0 Å². The highest BCUT2D eigenvalue weighted by Crippen LogP contribution is 2.39. The lowest BCUT2D eigenvalue weighted by Crippen LogP contribution is -2.28. The molecule has 1 amide bonds. The lowest BCUT2D eigenvalue weighted by atomic mass is 10.1. The molecule has 2 aliphatic rings. The molecule has 7 heteroatoms. The largest absolute Gasteiger partial charge is 0.351 e. The van der Waals surface area contributed by atoms with Crippen LogP contribution in [0.25, 0.3) is 0 Å². The van der Waals surface area contributed by atoms with Crippen LogP contribution in [0.3, 0.4) is 0 Å². The Morgan fingerprint density at radius 2 is 2.10 bits per heavy atom. The first-order valence-electron chi connectivity index (χ1n) is 7.27. The minimum absolute atomic E-state index is 0.104. The molecule has 2 aromatic heterocycles. The van der Waals surface area contributed by atoms with Crippen LogP contribution in [-0.2, 0) is 0 Å². The number of nitrogens with zero attached hydrogens (tertiary/aromatic N) is 4. The van der Waals surface area contributed by atoms with E-state index in [1.54, 1.807) is 17.9 Å². The molecule has 3 heterocycles. The van der Waals surface area contributed by atoms with E-state index >= 15 is 0 Å². The summed E-state index contributed by atoms with van der Waals surface area (Å²) in [5.41, 5.74) is 0.904. The molecule has 0 N–H and O–H groups in total. The van der Waals surface area contributed by atoms with Crippen LogP contribution in [0.4, 0.5) is 0 Å². The smallest absolute Gasteiger partial charge is 0.292 e. The summed E-state index contributed by atoms with van der Waals surface area (Å²) >= 11 is 0. The minimum Gasteiger partial charge on any atom is -0.351 e. The third-order valence-corrected chi connectivity index (χ3v) is 4.10. The molecule has 1 atom stereocenters. The van der Waals surface area contributed by atoms with Crippen molar-refractivity contribution in [3.8, 4) is 0 Å². The molecule has 2 aromatic rings. The molecule has 1 unspecified atom stereocenters. The number of likely N-dealkylation sites (tertiary alicyclic amines) is 1. The number of hydrogen-bond acceptors (Lipinski definition) is 6. The van der Waals surface area contributed by atoms with Gasteiger partial charge in [0.15, 0.2) is 5.82 Å². The Hall–Kier alpha value is -2.18. The summed E-state index contributed by atoms with van der Waals surface area (Å²) in [5.74, 6) is 2.06. The Morgan fingerprint density at radius 3 is 2.81 bits per heavy atom. The lowest BCUT2D eigenvalue weighted by molar-refractivity contribution is 0.0748. The summed E-state index contributed by atoms with van der Waals surface area (Å²) in [6, 6.07) is 1.78. The fraction of sp³-hybridized carbons (Fsp3) is 0.571. The first kappa shape index (κ1) is 12.6. The van der Waals surface area contributed by atoms with Crippen molar-refractivity contribution >= 4 is 5.91 Å². The zero-order valence-electron chi connectivity index (χ0n) is 11.8. The second-order valence-corrected chi connectivity index (χ2v) is 5.81. The highest BCUT2D eigenvalue weighted by atomic mass is 16.5. The van der Waals surface area contributed by atoms with Gasteiger partial charge in [-0.05, 0) is 26.2 Å². The van der Waals surface area contributed by atoms with E-state index in [1.165, 1.54) is 0 Å². The van der Waals surface area contributed by atoms with Crippen LogP contribution in [0.15, 0.2) is 15.1 Å². The lowest BCUT2D eigenvalue weighted by Gasteiger charge is -2.13. The number of aryl methyl sites for hydroxylation is 1. The fourth-order valence-corrected chi connectivity index (χ4v) is 2.74. The van der Waals surface area contributed by atoms with E-state index in [9.17, 15) is 4.79 Å². The van der Waals surface area contributed by atoms with Crippen LogP contribution in [0, 0.1) is 6.92 Å². The topological polar surface area (TPSA) is 85.3 Å². The van der Waals surface area contributed by atoms with Gasteiger partial charge in [0.05, 0.1) is 11.6 Å². The van der Waals surface area contributed by atoms with E-state index in [4.69, 9.17) is 9.05 Å². The predicted octanol–water partition coefficient (Wildman–Crippen LogP) is 1.87. The van der Waals surface area contributed by atoms with Gasteiger partial charge in [0, 0.05) is 25.1 Å². The standard InChI is InChI=1S/C14H16N4O3/c1-8-15-13(21-16-8)10-4-5-18(7-10)14(19)12-6-11(17-20-12)9-2-3-9/h6,9-10H,2-5,7H2,1H3. The Kier molecular flexibility index (Phi) is 2.80. The van der Waals surface area contributed by atoms with Crippen molar-refractivity contribution in [2.75, 3.05) is 13.1 Å². The molecule has 0 aromatic carbocycles. The highest BCUT2D eigenvalue weighted by Gasteiger charge is 2.34. The number of aromatic nitrogens is 3. The molecule has 21 heavy (non-hydrogen) atoms. The fourth-order valence-electron chi connectivity index (χ4n) is 2.74. The molecule has 1 saturated heterocycles. The van der Waals surface area contributed by atoms with Gasteiger partial charge < -0.3 is 13.9 Å². The average molecular weight is 288 g/mol. The van der Waals surface area contributed by atoms with Crippen molar-refractivity contribution in [2.24, 2.45) is 0 Å². The molecule has 0 radical (unpaired) electrons. The van der Waals surface area contributed by atoms with Gasteiger partial charge in [0.1, 0.15) is 0 Å². The maximum atomic E-state index is 12.4. The molecule has 0 bridgehead atoms. The zero-order valence-corrected chi connectivity index (χ0v) is 11.8. The van der Waals surface area contributed by atoms with Crippen molar-refractivity contribution < 1.29 is 13.8 Å². The van der Waals surface area contributed by atoms with Crippen LogP contribution >= 0.6 is 0 Å². The van der Waals surface area contributed by atoms with Gasteiger partial charge in [-0.3, -0.25) is 4.79 Å². The van der Waals surface area contributed by atoms with Gasteiger partial charge in [-0.2, -0.15) is 4.98 Å². The second kappa shape index (κ2) is 4.68. The predicted molar refractivity (Wildman–Crippen MR) is 70.8 cm³/mol. The first-order chi connectivity index (χ1) is 10.2. The summed E-state index contributed by atoms with van der Waals surface area (Å²) in [6.45, 7) is 3.04. The van der Waals surface area contributed by atoms with Crippen LogP contribution in [-0.4, -0.2) is 39.2 Å². The summed E-state index contributed by atoms with van der Waals surface area (Å²) in [6.07, 6.45) is 3.11. The number of hydrogen-bond donors (Lipinski definition) is 0. The van der Waals surface area contributed by atoms with Gasteiger partial charge in [-0.15, -0.1) is 0 Å². The highest BCUT2D eigenvalue weighted by molar-refractivity contribution is 5.91. The van der Waals surface area contributed by atoms with Crippen molar-refractivity contribution in [3.63, 3.8) is 0 Å². The molecule has 1 aliphatic carbocycles. The van der Waals surface area contributed by atoms with E-state index in [0.29, 0.717) is 36.5 Å². The quantitative estimate of drug-likeness (QED) is 0.857. The maximum Gasteiger partial charge on any atom is 0.292 e. The molecule has 1 saturated carbocycles. The van der Waals surface area contributed by atoms with E-state index in [2.05, 4.69) is 15.3 Å². The number of carbonyl (C=O) groups is 1. The Balaban J connectivity index is 1.45. The first-order valence-corrected chi connectivity index (χ1v) is 7.27. The average Bonchev–Trinajstić information content (AvgIpc) is 2.94. The van der Waals surface area contributed by atoms with Crippen molar-refractivity contribution in [1.82, 2.24) is 20.2 Å². The Morgan fingerprint density at radius 1 is 1.24 bits per heavy atom. The monoisotopic (exact) mass is 288 g/mol. The summed E-state index contributed by atoms with van der Waals surface area (Å²) in [5, 5.41) is 7.79. The molecule has 110 valence electrons. The summed E-state index contributed by atoms with van der Waals surface area (Å²) in [7, 11) is 0. The molecular formula is C14H16N4O3. The zero-order chi connectivity index (χ0) is 14.4. The summed E-state index contributed by atoms with van der Waals surface area (Å²) in [4.78, 5) is 18.4. The van der Waals surface area contributed by atoms with E-state index in [-0.39, 0.29) is 11.8 Å². The third kappa shape index (κ3) is 2.32. The van der Waals surface area contributed by atoms with Crippen LogP contribution < -0.4 is 0 Å². The molecule has 1 aliphatic heterocycles. The normalized spacial score (nSPS) is 22.0. The molecule has 7 nitrogen and oxygen atoms in total. The molecule has 2 fully saturated rings. The Labute approximate surface area is 121 Å². The van der Waals surface area contributed by atoms with Gasteiger partial charge in [0.2, 0.25) is 11.7 Å². The minimum atomic E-state index is -0.104. The second-order valence-electron chi connectivity index (χ2n) is 5.81. The van der Waals surface area contributed by atoms with Gasteiger partial charge in [-0.1, -0.05) is 10.3 Å². The Bertz CT molecular complexity index is 673. The maximum absolute atomic E-state index is 12.4. The van der Waals surface area contributed by atoms with Gasteiger partial charge >= 0.3 is 0 Å². The number of rotatable bonds is 3. The third-order valence-electron chi connectivity index (χ3n) is 4.10. The molecular weight excluding hydrogens is 272 g/mol. The van der Waals surface area contributed by atoms with E-state index in [1.807, 2.05) is 0 Å². The van der Waals surface area contributed by atoms with Crippen molar-refractivity contribution in [2.45, 2.75) is 38.0 Å². The van der Waals surface area contributed by atoms with Crippen LogP contribution in [0.5, 0.6) is 0 Å². The van der Waals surface area contributed by atoms with Gasteiger partial charge in [-0.25, -0.2) is 0 Å². The van der Waals surface area contributed by atoms with Crippen LogP contribution in [0.1, 0.15) is 59.1 Å². The van der Waals surface area contributed by atoms with E-state index < -0.39 is 0 Å². The van der Waals surface area contributed by atoms with Crippen molar-refractivity contribution in [3.05, 3.63) is 29.2 Å². The van der Waals surface area contributed by atoms with Crippen molar-refractivity contribution in [1.29, 1.82) is 0 Å². The number of amides is 1. The number of carbonyl (C=O) groups excluding carboxylic acids is 1. The summed E-state index contributed by atoms with van der Waals surface area (Å²) < 4.78 is 10.4. The molecule has 0 spiro atoms. The van der Waals surface area contributed by atoms with Gasteiger partial charge in [0.25, 0.3) is 5.91 Å². The van der Waals surface area contributed by atoms with E-state index in [0.717, 1.165) is 25.0 Å². The SMILES string of the molecule is Cc1noc(C2CCN(C(=O)c3cc(C4CC4)no3)C2)n1.